The molecule has 0 spiro atoms. The highest BCUT2D eigenvalue weighted by molar-refractivity contribution is 5.90. The molecule has 14 nitrogen and oxygen atoms in total. The lowest BCUT2D eigenvalue weighted by Gasteiger charge is -2.43. The van der Waals surface area contributed by atoms with Crippen LogP contribution in [-0.4, -0.2) is 87.5 Å². The zero-order chi connectivity index (χ0) is 36.7. The first-order chi connectivity index (χ1) is 24.9. The van der Waals surface area contributed by atoms with Gasteiger partial charge in [-0.2, -0.15) is 0 Å². The monoisotopic (exact) mass is 710 g/mol. The summed E-state index contributed by atoms with van der Waals surface area (Å²) >= 11 is 0. The number of esters is 1. The predicted octanol–water partition coefficient (Wildman–Crippen LogP) is 3.62. The fourth-order valence-electron chi connectivity index (χ4n) is 6.44. The second-order valence-electron chi connectivity index (χ2n) is 12.7. The van der Waals surface area contributed by atoms with E-state index in [1.165, 1.54) is 36.6 Å². The molecular weight excluding hydrogens is 676 g/mol. The molecule has 3 aliphatic rings. The molecule has 268 valence electrons. The Bertz CT molecular complexity index is 2190. The third-order valence-corrected chi connectivity index (χ3v) is 8.84. The van der Waals surface area contributed by atoms with E-state index in [4.69, 9.17) is 28.6 Å². The van der Waals surface area contributed by atoms with Crippen LogP contribution in [0, 0.1) is 13.8 Å². The maximum absolute atomic E-state index is 13.4. The van der Waals surface area contributed by atoms with Gasteiger partial charge >= 0.3 is 11.9 Å². The Morgan fingerprint density at radius 2 is 1.73 bits per heavy atom. The van der Waals surface area contributed by atoms with Gasteiger partial charge in [-0.1, -0.05) is 29.3 Å². The van der Waals surface area contributed by atoms with E-state index >= 15 is 0 Å². The number of rotatable bonds is 10. The standard InChI is InChI=1S/C38H34N2O12/c1-19-11-20(2)13-23(12-19)33-32-22(9-10-39-32)16-40(33)52-37-36(47)35(46)29(18-49-31(44)15-30(42)43)51-38(37)50-25-7-8-26-28(14-25)48-17-27(34(26)45)21-3-5-24(41)6-4-21/h3-14,17,29,35-38,41,46-47H,15-16,18H2,1-2H3,(H,42,43)/t29-,35-,36+,37-,38-/m0/s1. The third kappa shape index (κ3) is 6.92. The molecule has 0 radical (unpaired) electrons. The summed E-state index contributed by atoms with van der Waals surface area (Å²) in [6.45, 7) is 3.61. The number of fused-ring (bicyclic) bond motifs is 2. The molecule has 3 aromatic carbocycles. The van der Waals surface area contributed by atoms with Crippen LogP contribution in [0.1, 0.15) is 23.1 Å². The van der Waals surface area contributed by atoms with Gasteiger partial charge in [-0.25, -0.2) is 5.06 Å². The molecule has 1 fully saturated rings. The summed E-state index contributed by atoms with van der Waals surface area (Å²) in [4.78, 5) is 47.4. The fourth-order valence-corrected chi connectivity index (χ4v) is 6.44. The van der Waals surface area contributed by atoms with E-state index in [2.05, 4.69) is 4.99 Å². The van der Waals surface area contributed by atoms with Gasteiger partial charge in [-0.15, -0.1) is 0 Å². The topological polar surface area (TPSA) is 198 Å². The molecule has 14 heteroatoms. The highest BCUT2D eigenvalue weighted by atomic mass is 16.8. The summed E-state index contributed by atoms with van der Waals surface area (Å²) < 4.78 is 23.1. The van der Waals surface area contributed by atoms with E-state index in [9.17, 15) is 29.7 Å². The van der Waals surface area contributed by atoms with Crippen molar-refractivity contribution in [2.45, 2.75) is 51.0 Å². The van der Waals surface area contributed by atoms with Gasteiger partial charge in [0.15, 0.2) is 11.5 Å². The van der Waals surface area contributed by atoms with Crippen molar-refractivity contribution in [1.29, 1.82) is 0 Å². The second-order valence-corrected chi connectivity index (χ2v) is 12.7. The number of aliphatic hydroxyl groups excluding tert-OH is 2. The van der Waals surface area contributed by atoms with Gasteiger partial charge in [-0.3, -0.25) is 24.2 Å². The van der Waals surface area contributed by atoms with E-state index in [1.807, 2.05) is 38.1 Å². The van der Waals surface area contributed by atoms with E-state index in [0.717, 1.165) is 22.3 Å². The van der Waals surface area contributed by atoms with Crippen LogP contribution in [-0.2, 0) is 23.9 Å². The van der Waals surface area contributed by atoms with Crippen molar-refractivity contribution in [3.8, 4) is 22.6 Å². The number of benzene rings is 3. The van der Waals surface area contributed by atoms with Crippen LogP contribution in [0.2, 0.25) is 0 Å². The van der Waals surface area contributed by atoms with Gasteiger partial charge in [0, 0.05) is 23.4 Å². The van der Waals surface area contributed by atoms with Gasteiger partial charge < -0.3 is 39.1 Å². The predicted molar refractivity (Wildman–Crippen MR) is 185 cm³/mol. The molecule has 0 bridgehead atoms. The lowest BCUT2D eigenvalue weighted by molar-refractivity contribution is -0.323. The molecule has 4 heterocycles. The fraction of sp³-hybridized carbons (Fsp3) is 0.263. The van der Waals surface area contributed by atoms with Gasteiger partial charge in [0.25, 0.3) is 0 Å². The number of aliphatic carboxylic acids is 1. The molecule has 0 aliphatic carbocycles. The average molecular weight is 711 g/mol. The Morgan fingerprint density at radius 1 is 0.981 bits per heavy atom. The number of allylic oxidation sites excluding steroid dienone is 1. The molecule has 4 N–H and O–H groups in total. The summed E-state index contributed by atoms with van der Waals surface area (Å²) in [5.74, 6) is -2.26. The lowest BCUT2D eigenvalue weighted by atomic mass is 9.99. The minimum atomic E-state index is -1.66. The first kappa shape index (κ1) is 34.6. The number of nitrogens with zero attached hydrogens (tertiary/aromatic N) is 2. The number of carboxylic acid groups (broad SMARTS) is 1. The number of ether oxygens (including phenoxy) is 3. The molecule has 5 atom stereocenters. The Hall–Kier alpha value is -5.80. The Labute approximate surface area is 296 Å². The van der Waals surface area contributed by atoms with Crippen molar-refractivity contribution in [2.24, 2.45) is 4.99 Å². The van der Waals surface area contributed by atoms with Crippen molar-refractivity contribution in [2.75, 3.05) is 13.2 Å². The van der Waals surface area contributed by atoms with Crippen LogP contribution in [0.15, 0.2) is 98.5 Å². The smallest absolute Gasteiger partial charge is 0.317 e. The number of hydrogen-bond acceptors (Lipinski definition) is 13. The highest BCUT2D eigenvalue weighted by Crippen LogP contribution is 2.40. The number of carbonyl (C=O) groups is 2. The summed E-state index contributed by atoms with van der Waals surface area (Å²) in [6.07, 6.45) is -3.51. The van der Waals surface area contributed by atoms with Crippen molar-refractivity contribution >= 4 is 34.8 Å². The van der Waals surface area contributed by atoms with Crippen molar-refractivity contribution in [3.63, 3.8) is 0 Å². The van der Waals surface area contributed by atoms with E-state index in [0.29, 0.717) is 17.0 Å². The zero-order valence-corrected chi connectivity index (χ0v) is 28.0. The quantitative estimate of drug-likeness (QED) is 0.138. The molecule has 4 aromatic rings. The summed E-state index contributed by atoms with van der Waals surface area (Å²) in [6, 6.07) is 16.6. The number of phenols is 1. The van der Waals surface area contributed by atoms with Gasteiger partial charge in [0.1, 0.15) is 54.7 Å². The summed E-state index contributed by atoms with van der Waals surface area (Å²) in [5.41, 5.74) is 5.73. The van der Waals surface area contributed by atoms with Gasteiger partial charge in [0.2, 0.25) is 6.29 Å². The number of aryl methyl sites for hydroxylation is 2. The van der Waals surface area contributed by atoms with Crippen molar-refractivity contribution in [1.82, 2.24) is 5.06 Å². The van der Waals surface area contributed by atoms with E-state index in [-0.39, 0.29) is 40.0 Å². The summed E-state index contributed by atoms with van der Waals surface area (Å²) in [7, 11) is 0. The molecule has 0 saturated carbocycles. The number of carboxylic acids is 1. The zero-order valence-electron chi connectivity index (χ0n) is 28.0. The largest absolute Gasteiger partial charge is 0.508 e. The molecule has 52 heavy (non-hydrogen) atoms. The molecule has 1 saturated heterocycles. The molecular formula is C38H34N2O12. The highest BCUT2D eigenvalue weighted by Gasteiger charge is 2.49. The maximum atomic E-state index is 13.4. The minimum Gasteiger partial charge on any atom is -0.508 e. The molecule has 0 amide bonds. The first-order valence-electron chi connectivity index (χ1n) is 16.4. The van der Waals surface area contributed by atoms with Gasteiger partial charge in [-0.05, 0) is 61.9 Å². The number of aliphatic hydroxyl groups is 2. The number of carbonyl (C=O) groups excluding carboxylic acids is 1. The van der Waals surface area contributed by atoms with Crippen LogP contribution < -0.4 is 10.2 Å². The van der Waals surface area contributed by atoms with Crippen LogP contribution in [0.4, 0.5) is 0 Å². The number of hydrogen-bond donors (Lipinski definition) is 4. The number of aromatic hydroxyl groups is 1. The molecule has 0 unspecified atom stereocenters. The van der Waals surface area contributed by atoms with Crippen LogP contribution in [0.25, 0.3) is 27.8 Å². The Morgan fingerprint density at radius 3 is 2.46 bits per heavy atom. The maximum Gasteiger partial charge on any atom is 0.317 e. The van der Waals surface area contributed by atoms with Crippen LogP contribution >= 0.6 is 0 Å². The lowest BCUT2D eigenvalue weighted by Crippen LogP contribution is -2.62. The van der Waals surface area contributed by atoms with Gasteiger partial charge in [0.05, 0.1) is 28.9 Å². The van der Waals surface area contributed by atoms with E-state index < -0.39 is 55.7 Å². The van der Waals surface area contributed by atoms with Crippen LogP contribution in [0.5, 0.6) is 11.5 Å². The number of phenolic OH excluding ortho intramolecular Hbond substituents is 1. The second kappa shape index (κ2) is 14.1. The normalized spacial score (nSPS) is 22.4. The minimum absolute atomic E-state index is 0.0533. The summed E-state index contributed by atoms with van der Waals surface area (Å²) in [5, 5.41) is 43.0. The Balaban J connectivity index is 1.20. The molecule has 7 rings (SSSR count). The first-order valence-corrected chi connectivity index (χ1v) is 16.4. The van der Waals surface area contributed by atoms with Crippen molar-refractivity contribution in [3.05, 3.63) is 111 Å². The number of hydroxylamine groups is 2. The molecule has 1 aromatic heterocycles. The van der Waals surface area contributed by atoms with Crippen molar-refractivity contribution < 1.29 is 53.5 Å². The average Bonchev–Trinajstić information content (AvgIpc) is 3.68. The van der Waals surface area contributed by atoms with E-state index in [1.54, 1.807) is 23.4 Å². The van der Waals surface area contributed by atoms with Crippen LogP contribution in [0.3, 0.4) is 0 Å². The Kier molecular flexibility index (Phi) is 9.38. The number of aliphatic imine (C=N–C) groups is 1. The SMILES string of the molecule is Cc1cc(C)cc(C2=C3N=CC=C3CN2O[C@@H]2[C@@H](Oc3ccc4c(=O)c(-c5ccc(O)cc5)coc4c3)O[C@@H](COC(=O)CC(=O)O)[C@H](O)[C@H]2O)c1. The third-order valence-electron chi connectivity index (χ3n) is 8.84. The molecule has 3 aliphatic heterocycles.